The lowest BCUT2D eigenvalue weighted by Gasteiger charge is -2.26. The van der Waals surface area contributed by atoms with Crippen molar-refractivity contribution in [3.05, 3.63) is 34.4 Å². The highest BCUT2D eigenvalue weighted by Gasteiger charge is 2.17. The molecule has 0 fully saturated rings. The average molecular weight is 266 g/mol. The van der Waals surface area contributed by atoms with Crippen molar-refractivity contribution in [3.63, 3.8) is 0 Å². The second kappa shape index (κ2) is 6.72. The zero-order chi connectivity index (χ0) is 14.4. The lowest BCUT2D eigenvalue weighted by molar-refractivity contribution is -0.384. The number of hydrogen-bond acceptors (Lipinski definition) is 4. The fourth-order valence-electron chi connectivity index (χ4n) is 1.81. The first-order chi connectivity index (χ1) is 8.95. The van der Waals surface area contributed by atoms with Crippen LogP contribution in [-0.4, -0.2) is 29.1 Å². The first-order valence-corrected chi connectivity index (χ1v) is 6.18. The van der Waals surface area contributed by atoms with Gasteiger partial charge in [0, 0.05) is 30.9 Å². The quantitative estimate of drug-likeness (QED) is 0.605. The summed E-state index contributed by atoms with van der Waals surface area (Å²) in [7, 11) is 0. The molecule has 1 aromatic rings. The first-order valence-electron chi connectivity index (χ1n) is 6.18. The number of nitro benzene ring substituents is 1. The standard InChI is InChI=1S/C13H18N2O4/c1-3-7-14(9-10(2)13(16)17)11-5-4-6-12(8-11)15(18)19/h4-6,8,10H,3,7,9H2,1-2H3,(H,16,17). The van der Waals surface area contributed by atoms with Gasteiger partial charge in [-0.15, -0.1) is 0 Å². The number of carboxylic acid groups (broad SMARTS) is 1. The molecular weight excluding hydrogens is 248 g/mol. The molecule has 0 aliphatic rings. The molecule has 1 aromatic carbocycles. The van der Waals surface area contributed by atoms with E-state index in [4.69, 9.17) is 5.11 Å². The van der Waals surface area contributed by atoms with Gasteiger partial charge in [0.15, 0.2) is 0 Å². The molecule has 19 heavy (non-hydrogen) atoms. The van der Waals surface area contributed by atoms with Gasteiger partial charge in [-0.25, -0.2) is 0 Å². The Morgan fingerprint density at radius 2 is 2.21 bits per heavy atom. The Morgan fingerprint density at radius 1 is 1.53 bits per heavy atom. The van der Waals surface area contributed by atoms with Crippen LogP contribution in [0.1, 0.15) is 20.3 Å². The normalized spacial score (nSPS) is 11.9. The zero-order valence-electron chi connectivity index (χ0n) is 11.1. The Morgan fingerprint density at radius 3 is 2.74 bits per heavy atom. The molecule has 1 unspecified atom stereocenters. The predicted molar refractivity (Wildman–Crippen MR) is 72.4 cm³/mol. The van der Waals surface area contributed by atoms with Crippen LogP contribution in [0.5, 0.6) is 0 Å². The van der Waals surface area contributed by atoms with Crippen LogP contribution in [0.4, 0.5) is 11.4 Å². The van der Waals surface area contributed by atoms with Gasteiger partial charge in [0.25, 0.3) is 5.69 Å². The molecule has 0 heterocycles. The predicted octanol–water partition coefficient (Wildman–Crippen LogP) is 2.53. The van der Waals surface area contributed by atoms with Gasteiger partial charge in [-0.2, -0.15) is 0 Å². The van der Waals surface area contributed by atoms with Gasteiger partial charge in [-0.05, 0) is 12.5 Å². The smallest absolute Gasteiger partial charge is 0.308 e. The number of carboxylic acids is 1. The molecule has 104 valence electrons. The molecule has 0 radical (unpaired) electrons. The number of non-ortho nitro benzene ring substituents is 1. The molecule has 6 nitrogen and oxygen atoms in total. The summed E-state index contributed by atoms with van der Waals surface area (Å²) in [6.07, 6.45) is 0.842. The molecule has 1 rings (SSSR count). The Labute approximate surface area is 111 Å². The minimum atomic E-state index is -0.869. The molecule has 0 saturated carbocycles. The number of carbonyl (C=O) groups is 1. The van der Waals surface area contributed by atoms with Crippen molar-refractivity contribution in [3.8, 4) is 0 Å². The number of rotatable bonds is 7. The summed E-state index contributed by atoms with van der Waals surface area (Å²) in [6.45, 7) is 4.61. The van der Waals surface area contributed by atoms with Crippen molar-refractivity contribution < 1.29 is 14.8 Å². The van der Waals surface area contributed by atoms with E-state index in [9.17, 15) is 14.9 Å². The highest BCUT2D eigenvalue weighted by molar-refractivity contribution is 5.70. The number of nitro groups is 1. The van der Waals surface area contributed by atoms with E-state index in [0.717, 1.165) is 6.42 Å². The van der Waals surface area contributed by atoms with Gasteiger partial charge < -0.3 is 10.0 Å². The molecule has 0 aliphatic carbocycles. The van der Waals surface area contributed by atoms with E-state index in [-0.39, 0.29) is 5.69 Å². The van der Waals surface area contributed by atoms with Gasteiger partial charge >= 0.3 is 5.97 Å². The first kappa shape index (κ1) is 14.9. The van der Waals surface area contributed by atoms with E-state index >= 15 is 0 Å². The van der Waals surface area contributed by atoms with Crippen LogP contribution >= 0.6 is 0 Å². The van der Waals surface area contributed by atoms with Gasteiger partial charge in [0.1, 0.15) is 0 Å². The van der Waals surface area contributed by atoms with Crippen LogP contribution in [0.15, 0.2) is 24.3 Å². The van der Waals surface area contributed by atoms with Gasteiger partial charge in [-0.3, -0.25) is 14.9 Å². The molecular formula is C13H18N2O4. The highest BCUT2D eigenvalue weighted by Crippen LogP contribution is 2.22. The number of anilines is 1. The van der Waals surface area contributed by atoms with Gasteiger partial charge in [0.2, 0.25) is 0 Å². The summed E-state index contributed by atoms with van der Waals surface area (Å²) >= 11 is 0. The van der Waals surface area contributed by atoms with E-state index in [1.54, 1.807) is 19.1 Å². The molecule has 6 heteroatoms. The van der Waals surface area contributed by atoms with Crippen LogP contribution in [0.25, 0.3) is 0 Å². The third-order valence-corrected chi connectivity index (χ3v) is 2.82. The van der Waals surface area contributed by atoms with Crippen LogP contribution in [0, 0.1) is 16.0 Å². The van der Waals surface area contributed by atoms with Crippen LogP contribution < -0.4 is 4.90 Å². The minimum absolute atomic E-state index is 0.0154. The summed E-state index contributed by atoms with van der Waals surface area (Å²) in [4.78, 5) is 23.1. The van der Waals surface area contributed by atoms with Gasteiger partial charge in [0.05, 0.1) is 10.8 Å². The second-order valence-electron chi connectivity index (χ2n) is 4.46. The van der Waals surface area contributed by atoms with Crippen molar-refractivity contribution in [2.45, 2.75) is 20.3 Å². The van der Waals surface area contributed by atoms with Crippen molar-refractivity contribution in [1.29, 1.82) is 0 Å². The number of nitrogens with zero attached hydrogens (tertiary/aromatic N) is 2. The minimum Gasteiger partial charge on any atom is -0.481 e. The van der Waals surface area contributed by atoms with E-state index in [2.05, 4.69) is 0 Å². The maximum atomic E-state index is 10.9. The monoisotopic (exact) mass is 266 g/mol. The number of benzene rings is 1. The maximum absolute atomic E-state index is 10.9. The topological polar surface area (TPSA) is 83.7 Å². The molecule has 0 spiro atoms. The molecule has 0 aliphatic heterocycles. The lowest BCUT2D eigenvalue weighted by atomic mass is 10.1. The van der Waals surface area contributed by atoms with E-state index in [0.29, 0.717) is 18.8 Å². The third-order valence-electron chi connectivity index (χ3n) is 2.82. The Balaban J connectivity index is 2.95. The zero-order valence-corrected chi connectivity index (χ0v) is 11.1. The fraction of sp³-hybridized carbons (Fsp3) is 0.462. The second-order valence-corrected chi connectivity index (χ2v) is 4.46. The SMILES string of the molecule is CCCN(CC(C)C(=O)O)c1cccc([N+](=O)[O-])c1. The van der Waals surface area contributed by atoms with Crippen molar-refractivity contribution >= 4 is 17.3 Å². The van der Waals surface area contributed by atoms with E-state index in [1.807, 2.05) is 11.8 Å². The molecule has 1 atom stereocenters. The lowest BCUT2D eigenvalue weighted by Crippen LogP contribution is -2.32. The summed E-state index contributed by atoms with van der Waals surface area (Å²) in [5.74, 6) is -1.39. The highest BCUT2D eigenvalue weighted by atomic mass is 16.6. The molecule has 0 aromatic heterocycles. The fourth-order valence-corrected chi connectivity index (χ4v) is 1.81. The summed E-state index contributed by atoms with van der Waals surface area (Å²) in [6, 6.07) is 6.28. The largest absolute Gasteiger partial charge is 0.481 e. The van der Waals surface area contributed by atoms with Crippen LogP contribution in [0.2, 0.25) is 0 Å². The Bertz CT molecular complexity index is 462. The van der Waals surface area contributed by atoms with Crippen LogP contribution in [-0.2, 0) is 4.79 Å². The maximum Gasteiger partial charge on any atom is 0.308 e. The van der Waals surface area contributed by atoms with E-state index in [1.165, 1.54) is 12.1 Å². The van der Waals surface area contributed by atoms with E-state index < -0.39 is 16.8 Å². The van der Waals surface area contributed by atoms with Crippen molar-refractivity contribution in [2.75, 3.05) is 18.0 Å². The summed E-state index contributed by atoms with van der Waals surface area (Å²) in [5, 5.41) is 19.7. The number of hydrogen-bond donors (Lipinski definition) is 1. The average Bonchev–Trinajstić information content (AvgIpc) is 2.38. The van der Waals surface area contributed by atoms with Crippen LogP contribution in [0.3, 0.4) is 0 Å². The number of aliphatic carboxylic acids is 1. The molecule has 0 amide bonds. The molecule has 0 bridgehead atoms. The summed E-state index contributed by atoms with van der Waals surface area (Å²) < 4.78 is 0. The molecule has 0 saturated heterocycles. The van der Waals surface area contributed by atoms with Crippen molar-refractivity contribution in [2.24, 2.45) is 5.92 Å². The molecule has 1 N–H and O–H groups in total. The van der Waals surface area contributed by atoms with Crippen molar-refractivity contribution in [1.82, 2.24) is 0 Å². The summed E-state index contributed by atoms with van der Waals surface area (Å²) in [5.41, 5.74) is 0.700. The third kappa shape index (κ3) is 4.24. The Hall–Kier alpha value is -2.11. The van der Waals surface area contributed by atoms with Gasteiger partial charge in [-0.1, -0.05) is 19.9 Å². The Kier molecular flexibility index (Phi) is 5.29.